The predicted octanol–water partition coefficient (Wildman–Crippen LogP) is 3.35. The lowest BCUT2D eigenvalue weighted by Crippen LogP contribution is -2.35. The van der Waals surface area contributed by atoms with E-state index in [0.29, 0.717) is 9.46 Å². The Bertz CT molecular complexity index is 524. The third-order valence-corrected chi connectivity index (χ3v) is 8.23. The number of thiophene rings is 1. The SMILES string of the molecule is CCS[C@@H]1CC[C@H](N(C)S(=O)(=O)c2ccc(C)s2)C1. The first kappa shape index (κ1) is 15.4. The van der Waals surface area contributed by atoms with E-state index in [1.807, 2.05) is 24.8 Å². The highest BCUT2D eigenvalue weighted by Crippen LogP contribution is 2.35. The number of hydrogen-bond donors (Lipinski definition) is 0. The summed E-state index contributed by atoms with van der Waals surface area (Å²) in [6, 6.07) is 3.76. The fraction of sp³-hybridized carbons (Fsp3) is 0.692. The maximum absolute atomic E-state index is 12.5. The van der Waals surface area contributed by atoms with Gasteiger partial charge in [0.1, 0.15) is 4.21 Å². The zero-order valence-corrected chi connectivity index (χ0v) is 14.1. The Hall–Kier alpha value is -0.0400. The summed E-state index contributed by atoms with van der Waals surface area (Å²) in [5, 5.41) is 0.623. The second kappa shape index (κ2) is 6.16. The molecule has 1 fully saturated rings. The van der Waals surface area contributed by atoms with Crippen molar-refractivity contribution in [2.24, 2.45) is 0 Å². The van der Waals surface area contributed by atoms with Crippen LogP contribution in [-0.4, -0.2) is 36.8 Å². The van der Waals surface area contributed by atoms with Gasteiger partial charge < -0.3 is 0 Å². The van der Waals surface area contributed by atoms with Gasteiger partial charge in [0, 0.05) is 23.2 Å². The van der Waals surface area contributed by atoms with Crippen LogP contribution in [0.2, 0.25) is 0 Å². The first-order valence-electron chi connectivity index (χ1n) is 6.61. The van der Waals surface area contributed by atoms with Crippen molar-refractivity contribution >= 4 is 33.1 Å². The number of aryl methyl sites for hydroxylation is 1. The quantitative estimate of drug-likeness (QED) is 0.835. The molecule has 1 saturated carbocycles. The summed E-state index contributed by atoms with van der Waals surface area (Å²) in [6.07, 6.45) is 3.10. The van der Waals surface area contributed by atoms with Crippen molar-refractivity contribution in [3.05, 3.63) is 17.0 Å². The molecule has 0 bridgehead atoms. The highest BCUT2D eigenvalue weighted by atomic mass is 32.2. The summed E-state index contributed by atoms with van der Waals surface area (Å²) in [5.41, 5.74) is 0. The van der Waals surface area contributed by atoms with Crippen molar-refractivity contribution in [3.8, 4) is 0 Å². The van der Waals surface area contributed by atoms with Crippen LogP contribution in [0.1, 0.15) is 31.1 Å². The average molecular weight is 320 g/mol. The second-order valence-corrected chi connectivity index (χ2v) is 10.0. The Labute approximate surface area is 124 Å². The molecule has 1 aromatic rings. The van der Waals surface area contributed by atoms with Gasteiger partial charge in [0.25, 0.3) is 10.0 Å². The summed E-state index contributed by atoms with van der Waals surface area (Å²) in [4.78, 5) is 1.04. The van der Waals surface area contributed by atoms with E-state index < -0.39 is 10.0 Å². The average Bonchev–Trinajstić information content (AvgIpc) is 2.98. The summed E-state index contributed by atoms with van der Waals surface area (Å²) in [7, 11) is -1.57. The maximum atomic E-state index is 12.5. The van der Waals surface area contributed by atoms with Gasteiger partial charge in [-0.2, -0.15) is 16.1 Å². The van der Waals surface area contributed by atoms with Gasteiger partial charge in [-0.1, -0.05) is 6.92 Å². The van der Waals surface area contributed by atoms with Crippen LogP contribution in [0.25, 0.3) is 0 Å². The minimum Gasteiger partial charge on any atom is -0.206 e. The van der Waals surface area contributed by atoms with Crippen molar-refractivity contribution in [1.82, 2.24) is 4.31 Å². The van der Waals surface area contributed by atoms with Crippen LogP contribution >= 0.6 is 23.1 Å². The van der Waals surface area contributed by atoms with Crippen molar-refractivity contribution in [3.63, 3.8) is 0 Å². The van der Waals surface area contributed by atoms with Crippen LogP contribution in [0.15, 0.2) is 16.3 Å². The predicted molar refractivity (Wildman–Crippen MR) is 83.6 cm³/mol. The molecule has 0 radical (unpaired) electrons. The zero-order chi connectivity index (χ0) is 14.0. The van der Waals surface area contributed by atoms with E-state index in [9.17, 15) is 8.42 Å². The zero-order valence-electron chi connectivity index (χ0n) is 11.6. The summed E-state index contributed by atoms with van der Waals surface area (Å²) < 4.78 is 27.1. The van der Waals surface area contributed by atoms with Gasteiger partial charge in [-0.3, -0.25) is 0 Å². The molecule has 3 nitrogen and oxygen atoms in total. The van der Waals surface area contributed by atoms with E-state index in [4.69, 9.17) is 0 Å². The fourth-order valence-corrected chi connectivity index (χ4v) is 6.52. The summed E-state index contributed by atoms with van der Waals surface area (Å²) >= 11 is 3.31. The lowest BCUT2D eigenvalue weighted by molar-refractivity contribution is 0.374. The molecule has 0 aromatic carbocycles. The van der Waals surface area contributed by atoms with Gasteiger partial charge in [0.05, 0.1) is 0 Å². The van der Waals surface area contributed by atoms with Crippen molar-refractivity contribution in [1.29, 1.82) is 0 Å². The molecule has 108 valence electrons. The van der Waals surface area contributed by atoms with E-state index in [1.165, 1.54) is 11.3 Å². The number of sulfonamides is 1. The molecule has 0 amide bonds. The molecule has 6 heteroatoms. The largest absolute Gasteiger partial charge is 0.252 e. The number of nitrogens with zero attached hydrogens (tertiary/aromatic N) is 1. The monoisotopic (exact) mass is 319 g/mol. The first-order chi connectivity index (χ1) is 8.95. The second-order valence-electron chi connectivity index (χ2n) is 4.93. The molecular weight excluding hydrogens is 298 g/mol. The van der Waals surface area contributed by atoms with Gasteiger partial charge in [0.2, 0.25) is 0 Å². The molecular formula is C13H21NO2S3. The van der Waals surface area contributed by atoms with Crippen molar-refractivity contribution < 1.29 is 8.42 Å². The van der Waals surface area contributed by atoms with Gasteiger partial charge in [0.15, 0.2) is 0 Å². The molecule has 1 heterocycles. The van der Waals surface area contributed by atoms with Crippen molar-refractivity contribution in [2.75, 3.05) is 12.8 Å². The summed E-state index contributed by atoms with van der Waals surface area (Å²) in [5.74, 6) is 1.11. The van der Waals surface area contributed by atoms with E-state index in [2.05, 4.69) is 6.92 Å². The van der Waals surface area contributed by atoms with Crippen LogP contribution in [0, 0.1) is 6.92 Å². The van der Waals surface area contributed by atoms with Gasteiger partial charge in [-0.25, -0.2) is 8.42 Å². The Morgan fingerprint density at radius 1 is 1.42 bits per heavy atom. The highest BCUT2D eigenvalue weighted by molar-refractivity contribution is 7.99. The van der Waals surface area contributed by atoms with E-state index >= 15 is 0 Å². The Balaban J connectivity index is 2.09. The standard InChI is InChI=1S/C13H21NO2S3/c1-4-17-12-7-6-11(9-12)14(3)19(15,16)13-8-5-10(2)18-13/h5,8,11-12H,4,6-7,9H2,1-3H3/t11-,12+/m0/s1. The topological polar surface area (TPSA) is 37.4 Å². The maximum Gasteiger partial charge on any atom is 0.252 e. The highest BCUT2D eigenvalue weighted by Gasteiger charge is 2.34. The van der Waals surface area contributed by atoms with Gasteiger partial charge in [-0.05, 0) is 44.1 Å². The number of hydrogen-bond acceptors (Lipinski definition) is 4. The smallest absolute Gasteiger partial charge is 0.206 e. The van der Waals surface area contributed by atoms with Gasteiger partial charge >= 0.3 is 0 Å². The molecule has 0 N–H and O–H groups in total. The Kier molecular flexibility index (Phi) is 4.98. The summed E-state index contributed by atoms with van der Waals surface area (Å²) in [6.45, 7) is 4.10. The lowest BCUT2D eigenvalue weighted by atomic mass is 10.3. The molecule has 0 spiro atoms. The Morgan fingerprint density at radius 2 is 2.16 bits per heavy atom. The molecule has 0 aliphatic heterocycles. The minimum atomic E-state index is -3.30. The molecule has 1 aliphatic carbocycles. The molecule has 0 unspecified atom stereocenters. The minimum absolute atomic E-state index is 0.163. The van der Waals surface area contributed by atoms with E-state index in [1.54, 1.807) is 17.4 Å². The third kappa shape index (κ3) is 3.35. The Morgan fingerprint density at radius 3 is 2.74 bits per heavy atom. The fourth-order valence-electron chi connectivity index (χ4n) is 2.52. The van der Waals surface area contributed by atoms with Crippen LogP contribution in [0.3, 0.4) is 0 Å². The number of rotatable bonds is 5. The normalized spacial score (nSPS) is 24.2. The molecule has 0 saturated heterocycles. The number of thioether (sulfide) groups is 1. The first-order valence-corrected chi connectivity index (χ1v) is 9.91. The van der Waals surface area contributed by atoms with Gasteiger partial charge in [-0.15, -0.1) is 11.3 Å². The lowest BCUT2D eigenvalue weighted by Gasteiger charge is -2.23. The van der Waals surface area contributed by atoms with Crippen LogP contribution < -0.4 is 0 Å². The van der Waals surface area contributed by atoms with Crippen LogP contribution in [0.4, 0.5) is 0 Å². The van der Waals surface area contributed by atoms with Crippen molar-refractivity contribution in [2.45, 2.75) is 48.6 Å². The molecule has 19 heavy (non-hydrogen) atoms. The molecule has 2 rings (SSSR count). The van der Waals surface area contributed by atoms with E-state index in [0.717, 1.165) is 29.9 Å². The van der Waals surface area contributed by atoms with Crippen LogP contribution in [-0.2, 0) is 10.0 Å². The molecule has 2 atom stereocenters. The third-order valence-electron chi connectivity index (χ3n) is 3.62. The molecule has 1 aliphatic rings. The molecule has 1 aromatic heterocycles. The van der Waals surface area contributed by atoms with E-state index in [-0.39, 0.29) is 6.04 Å². The van der Waals surface area contributed by atoms with Crippen LogP contribution in [0.5, 0.6) is 0 Å².